The van der Waals surface area contributed by atoms with Crippen molar-refractivity contribution in [2.75, 3.05) is 13.2 Å². The predicted molar refractivity (Wildman–Crippen MR) is 80.0 cm³/mol. The first-order chi connectivity index (χ1) is 9.65. The van der Waals surface area contributed by atoms with E-state index < -0.39 is 0 Å². The number of fused-ring (bicyclic) bond motifs is 1. The average molecular weight is 276 g/mol. The predicted octanol–water partition coefficient (Wildman–Crippen LogP) is 2.11. The van der Waals surface area contributed by atoms with E-state index in [0.717, 1.165) is 30.6 Å². The number of ether oxygens (including phenoxy) is 1. The van der Waals surface area contributed by atoms with Gasteiger partial charge in [0.2, 0.25) is 0 Å². The van der Waals surface area contributed by atoms with Gasteiger partial charge in [0.1, 0.15) is 5.75 Å². The van der Waals surface area contributed by atoms with Gasteiger partial charge in [-0.1, -0.05) is 26.7 Å². The highest BCUT2D eigenvalue weighted by Gasteiger charge is 2.17. The topological polar surface area (TPSA) is 64.3 Å². The Bertz CT molecular complexity index is 470. The highest BCUT2D eigenvalue weighted by molar-refractivity contribution is 5.94. The number of nitrogens with two attached hydrogens (primary N) is 1. The summed E-state index contributed by atoms with van der Waals surface area (Å²) >= 11 is 0. The van der Waals surface area contributed by atoms with Gasteiger partial charge in [0.15, 0.2) is 0 Å². The second-order valence-corrected chi connectivity index (χ2v) is 5.37. The van der Waals surface area contributed by atoms with E-state index in [1.807, 2.05) is 18.2 Å². The lowest BCUT2D eigenvalue weighted by Gasteiger charge is -2.21. The molecule has 0 radical (unpaired) electrons. The van der Waals surface area contributed by atoms with E-state index >= 15 is 0 Å². The van der Waals surface area contributed by atoms with Gasteiger partial charge in [-0.2, -0.15) is 0 Å². The number of benzene rings is 1. The van der Waals surface area contributed by atoms with Gasteiger partial charge in [0, 0.05) is 24.6 Å². The van der Waals surface area contributed by atoms with Crippen molar-refractivity contribution in [3.05, 3.63) is 29.3 Å². The standard InChI is InChI=1S/C16H24N2O2/c1-3-11(4-2)14(17)10-18-16(19)13-5-6-15-12(9-13)7-8-20-15/h5-6,9,11,14H,3-4,7-8,10,17H2,1-2H3,(H,18,19). The number of hydrogen-bond donors (Lipinski definition) is 2. The SMILES string of the molecule is CCC(CC)C(N)CNC(=O)c1ccc2c(c1)CCO2. The smallest absolute Gasteiger partial charge is 0.251 e. The molecule has 0 bridgehead atoms. The highest BCUT2D eigenvalue weighted by atomic mass is 16.5. The fraction of sp³-hybridized carbons (Fsp3) is 0.562. The molecule has 1 heterocycles. The van der Waals surface area contributed by atoms with Crippen LogP contribution in [0, 0.1) is 5.92 Å². The van der Waals surface area contributed by atoms with Gasteiger partial charge in [-0.25, -0.2) is 0 Å². The maximum atomic E-state index is 12.1. The summed E-state index contributed by atoms with van der Waals surface area (Å²) in [6.07, 6.45) is 2.97. The van der Waals surface area contributed by atoms with Crippen molar-refractivity contribution >= 4 is 5.91 Å². The van der Waals surface area contributed by atoms with Crippen molar-refractivity contribution in [3.63, 3.8) is 0 Å². The molecule has 0 saturated carbocycles. The van der Waals surface area contributed by atoms with Gasteiger partial charge < -0.3 is 15.8 Å². The van der Waals surface area contributed by atoms with Gasteiger partial charge in [-0.05, 0) is 29.7 Å². The van der Waals surface area contributed by atoms with E-state index in [4.69, 9.17) is 10.5 Å². The van der Waals surface area contributed by atoms with Crippen molar-refractivity contribution in [1.82, 2.24) is 5.32 Å². The molecule has 4 heteroatoms. The minimum absolute atomic E-state index is 0.0201. The van der Waals surface area contributed by atoms with E-state index in [9.17, 15) is 4.79 Å². The number of amides is 1. The Morgan fingerprint density at radius 2 is 2.15 bits per heavy atom. The maximum absolute atomic E-state index is 12.1. The molecule has 1 atom stereocenters. The van der Waals surface area contributed by atoms with Crippen molar-refractivity contribution in [3.8, 4) is 5.75 Å². The summed E-state index contributed by atoms with van der Waals surface area (Å²) < 4.78 is 5.44. The van der Waals surface area contributed by atoms with E-state index in [2.05, 4.69) is 19.2 Å². The zero-order chi connectivity index (χ0) is 14.5. The third kappa shape index (κ3) is 3.31. The fourth-order valence-corrected chi connectivity index (χ4v) is 2.70. The first-order valence-electron chi connectivity index (χ1n) is 7.45. The summed E-state index contributed by atoms with van der Waals surface area (Å²) in [7, 11) is 0. The van der Waals surface area contributed by atoms with Crippen LogP contribution in [0.2, 0.25) is 0 Å². The molecule has 4 nitrogen and oxygen atoms in total. The first kappa shape index (κ1) is 14.9. The van der Waals surface area contributed by atoms with Crippen molar-refractivity contribution in [1.29, 1.82) is 0 Å². The Morgan fingerprint density at radius 3 is 2.85 bits per heavy atom. The Morgan fingerprint density at radius 1 is 1.40 bits per heavy atom. The molecule has 0 spiro atoms. The number of carbonyl (C=O) groups excluding carboxylic acids is 1. The third-order valence-corrected chi connectivity index (χ3v) is 4.10. The van der Waals surface area contributed by atoms with E-state index in [1.165, 1.54) is 0 Å². The first-order valence-corrected chi connectivity index (χ1v) is 7.45. The maximum Gasteiger partial charge on any atom is 0.251 e. The number of nitrogens with one attached hydrogen (secondary N) is 1. The van der Waals surface area contributed by atoms with Gasteiger partial charge in [0.05, 0.1) is 6.61 Å². The Balaban J connectivity index is 1.92. The van der Waals surface area contributed by atoms with Crippen LogP contribution in [0.15, 0.2) is 18.2 Å². The van der Waals surface area contributed by atoms with E-state index in [-0.39, 0.29) is 11.9 Å². The molecular weight excluding hydrogens is 252 g/mol. The zero-order valence-corrected chi connectivity index (χ0v) is 12.3. The monoisotopic (exact) mass is 276 g/mol. The molecule has 0 fully saturated rings. The quantitative estimate of drug-likeness (QED) is 0.836. The van der Waals surface area contributed by atoms with Crippen molar-refractivity contribution < 1.29 is 9.53 Å². The molecule has 1 unspecified atom stereocenters. The molecule has 1 amide bonds. The summed E-state index contributed by atoms with van der Waals surface area (Å²) in [4.78, 5) is 12.1. The molecule has 1 aromatic rings. The lowest BCUT2D eigenvalue weighted by atomic mass is 9.95. The molecule has 0 saturated heterocycles. The van der Waals surface area contributed by atoms with Crippen LogP contribution in [-0.2, 0) is 6.42 Å². The molecule has 0 aromatic heterocycles. The zero-order valence-electron chi connectivity index (χ0n) is 12.3. The molecule has 1 aliphatic rings. The largest absolute Gasteiger partial charge is 0.493 e. The summed E-state index contributed by atoms with van der Waals surface area (Å²) in [5.74, 6) is 1.31. The molecule has 1 aromatic carbocycles. The highest BCUT2D eigenvalue weighted by Crippen LogP contribution is 2.25. The fourth-order valence-electron chi connectivity index (χ4n) is 2.70. The van der Waals surface area contributed by atoms with Crippen LogP contribution < -0.4 is 15.8 Å². The Kier molecular flexibility index (Phi) is 5.01. The number of carbonyl (C=O) groups is 1. The molecule has 0 aliphatic carbocycles. The van der Waals surface area contributed by atoms with Crippen LogP contribution in [0.5, 0.6) is 5.75 Å². The molecule has 3 N–H and O–H groups in total. The Labute approximate surface area is 120 Å². The van der Waals surface area contributed by atoms with Crippen LogP contribution in [0.1, 0.15) is 42.6 Å². The van der Waals surface area contributed by atoms with Crippen LogP contribution >= 0.6 is 0 Å². The third-order valence-electron chi connectivity index (χ3n) is 4.10. The molecule has 1 aliphatic heterocycles. The van der Waals surface area contributed by atoms with E-state index in [0.29, 0.717) is 24.6 Å². The Hall–Kier alpha value is -1.55. The van der Waals surface area contributed by atoms with Crippen LogP contribution in [0.4, 0.5) is 0 Å². The average Bonchev–Trinajstić information content (AvgIpc) is 2.93. The lowest BCUT2D eigenvalue weighted by Crippen LogP contribution is -2.41. The van der Waals surface area contributed by atoms with Gasteiger partial charge in [-0.15, -0.1) is 0 Å². The number of hydrogen-bond acceptors (Lipinski definition) is 3. The molecule has 20 heavy (non-hydrogen) atoms. The van der Waals surface area contributed by atoms with Gasteiger partial charge in [0.25, 0.3) is 5.91 Å². The van der Waals surface area contributed by atoms with Crippen LogP contribution in [0.3, 0.4) is 0 Å². The lowest BCUT2D eigenvalue weighted by molar-refractivity contribution is 0.0948. The number of rotatable bonds is 6. The second-order valence-electron chi connectivity index (χ2n) is 5.37. The molecule has 110 valence electrons. The summed E-state index contributed by atoms with van der Waals surface area (Å²) in [5, 5.41) is 2.93. The van der Waals surface area contributed by atoms with E-state index in [1.54, 1.807) is 0 Å². The summed E-state index contributed by atoms with van der Waals surface area (Å²) in [6, 6.07) is 5.62. The minimum atomic E-state index is -0.0545. The summed E-state index contributed by atoms with van der Waals surface area (Å²) in [5.41, 5.74) is 7.92. The summed E-state index contributed by atoms with van der Waals surface area (Å²) in [6.45, 7) is 5.51. The van der Waals surface area contributed by atoms with Gasteiger partial charge >= 0.3 is 0 Å². The van der Waals surface area contributed by atoms with Gasteiger partial charge in [-0.3, -0.25) is 4.79 Å². The van der Waals surface area contributed by atoms with Crippen molar-refractivity contribution in [2.24, 2.45) is 11.7 Å². The second kappa shape index (κ2) is 6.75. The molecular formula is C16H24N2O2. The van der Waals surface area contributed by atoms with Crippen LogP contribution in [0.25, 0.3) is 0 Å². The minimum Gasteiger partial charge on any atom is -0.493 e. The van der Waals surface area contributed by atoms with Crippen molar-refractivity contribution in [2.45, 2.75) is 39.2 Å². The molecule has 2 rings (SSSR count). The van der Waals surface area contributed by atoms with Crippen LogP contribution in [-0.4, -0.2) is 25.1 Å². The normalized spacial score (nSPS) is 14.8.